The summed E-state index contributed by atoms with van der Waals surface area (Å²) >= 11 is 0. The van der Waals surface area contributed by atoms with Crippen LogP contribution in [0.1, 0.15) is 56.7 Å². The molecule has 4 nitrogen and oxygen atoms in total. The number of aromatic nitrogens is 2. The summed E-state index contributed by atoms with van der Waals surface area (Å²) < 4.78 is 7.96. The van der Waals surface area contributed by atoms with Gasteiger partial charge in [-0.25, -0.2) is 0 Å². The van der Waals surface area contributed by atoms with Crippen molar-refractivity contribution in [1.29, 1.82) is 0 Å². The lowest BCUT2D eigenvalue weighted by Crippen LogP contribution is -2.38. The van der Waals surface area contributed by atoms with E-state index in [9.17, 15) is 0 Å². The smallest absolute Gasteiger partial charge is 0.103 e. The lowest BCUT2D eigenvalue weighted by molar-refractivity contribution is 0.0823. The van der Waals surface area contributed by atoms with Gasteiger partial charge in [-0.1, -0.05) is 12.8 Å². The van der Waals surface area contributed by atoms with Crippen molar-refractivity contribution >= 4 is 0 Å². The Morgan fingerprint density at radius 3 is 2.91 bits per heavy atom. The lowest BCUT2D eigenvalue weighted by Gasteiger charge is -2.31. The molecule has 1 aliphatic heterocycles. The normalized spacial score (nSPS) is 35.9. The average Bonchev–Trinajstić information content (AvgIpc) is 3.15. The van der Waals surface area contributed by atoms with Crippen LogP contribution in [0.25, 0.3) is 0 Å². The first kappa shape index (κ1) is 14.7. The maximum atomic E-state index is 6.00. The molecule has 22 heavy (non-hydrogen) atoms. The highest BCUT2D eigenvalue weighted by molar-refractivity contribution is 5.08. The number of rotatable bonds is 5. The van der Waals surface area contributed by atoms with Crippen molar-refractivity contribution in [1.82, 2.24) is 15.1 Å². The van der Waals surface area contributed by atoms with Crippen LogP contribution >= 0.6 is 0 Å². The highest BCUT2D eigenvalue weighted by Crippen LogP contribution is 2.44. The van der Waals surface area contributed by atoms with Gasteiger partial charge in [0.1, 0.15) is 6.10 Å². The molecule has 4 rings (SSSR count). The van der Waals surface area contributed by atoms with Crippen LogP contribution < -0.4 is 5.32 Å². The second kappa shape index (κ2) is 6.32. The van der Waals surface area contributed by atoms with Gasteiger partial charge in [0.2, 0.25) is 0 Å². The predicted molar refractivity (Wildman–Crippen MR) is 86.5 cm³/mol. The van der Waals surface area contributed by atoms with E-state index in [4.69, 9.17) is 4.74 Å². The van der Waals surface area contributed by atoms with Crippen LogP contribution in [0.15, 0.2) is 12.3 Å². The molecule has 4 atom stereocenters. The highest BCUT2D eigenvalue weighted by Gasteiger charge is 2.36. The fourth-order valence-electron chi connectivity index (χ4n) is 4.56. The minimum Gasteiger partial charge on any atom is -0.372 e. The Morgan fingerprint density at radius 1 is 1.23 bits per heavy atom. The zero-order valence-corrected chi connectivity index (χ0v) is 13.7. The number of nitrogens with zero attached hydrogens (tertiary/aromatic N) is 2. The monoisotopic (exact) mass is 303 g/mol. The molecule has 2 aliphatic carbocycles. The Labute approximate surface area is 133 Å². The molecule has 0 radical (unpaired) electrons. The molecule has 3 aliphatic rings. The fraction of sp³-hybridized carbons (Fsp3) is 0.833. The summed E-state index contributed by atoms with van der Waals surface area (Å²) in [5, 5.41) is 8.18. The molecule has 0 bridgehead atoms. The van der Waals surface area contributed by atoms with Crippen LogP contribution in [-0.4, -0.2) is 29.0 Å². The van der Waals surface area contributed by atoms with Gasteiger partial charge in [0.05, 0.1) is 5.69 Å². The first-order valence-electron chi connectivity index (χ1n) is 9.14. The molecule has 0 spiro atoms. The summed E-state index contributed by atoms with van der Waals surface area (Å²) in [7, 11) is 2.02. The molecule has 4 heteroatoms. The molecule has 1 aromatic heterocycles. The summed E-state index contributed by atoms with van der Waals surface area (Å²) in [6.45, 7) is 1.98. The Balaban J connectivity index is 1.31. The summed E-state index contributed by atoms with van der Waals surface area (Å²) in [5.41, 5.74) is 1.23. The van der Waals surface area contributed by atoms with Crippen LogP contribution in [0.4, 0.5) is 0 Å². The Hall–Kier alpha value is -0.870. The third-order valence-corrected chi connectivity index (χ3v) is 6.04. The average molecular weight is 303 g/mol. The van der Waals surface area contributed by atoms with E-state index >= 15 is 0 Å². The van der Waals surface area contributed by atoms with Gasteiger partial charge >= 0.3 is 0 Å². The van der Waals surface area contributed by atoms with Gasteiger partial charge in [0.15, 0.2) is 0 Å². The Kier molecular flexibility index (Phi) is 4.23. The van der Waals surface area contributed by atoms with Crippen molar-refractivity contribution in [2.45, 2.75) is 57.1 Å². The van der Waals surface area contributed by atoms with Crippen LogP contribution in [-0.2, 0) is 11.8 Å². The van der Waals surface area contributed by atoms with E-state index in [1.807, 2.05) is 17.9 Å². The molecule has 3 fully saturated rings. The van der Waals surface area contributed by atoms with E-state index in [0.717, 1.165) is 31.0 Å². The zero-order chi connectivity index (χ0) is 14.9. The Bertz CT molecular complexity index is 496. The minimum atomic E-state index is 0.225. The fourth-order valence-corrected chi connectivity index (χ4v) is 4.56. The van der Waals surface area contributed by atoms with Crippen molar-refractivity contribution < 1.29 is 4.74 Å². The molecule has 2 saturated carbocycles. The maximum absolute atomic E-state index is 6.00. The van der Waals surface area contributed by atoms with Crippen molar-refractivity contribution in [2.24, 2.45) is 24.8 Å². The molecule has 0 aromatic carbocycles. The van der Waals surface area contributed by atoms with Crippen LogP contribution in [0.2, 0.25) is 0 Å². The van der Waals surface area contributed by atoms with Gasteiger partial charge in [-0.15, -0.1) is 0 Å². The van der Waals surface area contributed by atoms with E-state index in [2.05, 4.69) is 16.5 Å². The topological polar surface area (TPSA) is 39.1 Å². The summed E-state index contributed by atoms with van der Waals surface area (Å²) in [4.78, 5) is 0. The standard InChI is InChI=1S/C18H29N3O/c1-21-17(7-9-20-21)18-15(8-10-22-18)12-19-16-4-2-3-14(11-16)13-5-6-13/h7,9,13-16,18-19H,2-6,8,10-12H2,1H3/t14-,15-,16+,18+/m0/s1. The summed E-state index contributed by atoms with van der Waals surface area (Å²) in [5.74, 6) is 2.68. The summed E-state index contributed by atoms with van der Waals surface area (Å²) in [6.07, 6.45) is 11.9. The lowest BCUT2D eigenvalue weighted by atomic mass is 9.82. The largest absolute Gasteiger partial charge is 0.372 e. The minimum absolute atomic E-state index is 0.225. The summed E-state index contributed by atoms with van der Waals surface area (Å²) in [6, 6.07) is 2.85. The van der Waals surface area contributed by atoms with Crippen molar-refractivity contribution in [3.63, 3.8) is 0 Å². The maximum Gasteiger partial charge on any atom is 0.103 e. The quantitative estimate of drug-likeness (QED) is 0.908. The molecular formula is C18H29N3O. The SMILES string of the molecule is Cn1nccc1[C@@H]1OCC[C@H]1CN[C@@H]1CCC[C@H](C2CC2)C1. The number of hydrogen-bond donors (Lipinski definition) is 1. The van der Waals surface area contributed by atoms with Gasteiger partial charge in [0, 0.05) is 38.4 Å². The van der Waals surface area contributed by atoms with Crippen LogP contribution in [0, 0.1) is 17.8 Å². The number of ether oxygens (including phenoxy) is 1. The van der Waals surface area contributed by atoms with Gasteiger partial charge < -0.3 is 10.1 Å². The molecule has 1 saturated heterocycles. The molecule has 0 amide bonds. The van der Waals surface area contributed by atoms with Crippen molar-refractivity contribution in [3.8, 4) is 0 Å². The van der Waals surface area contributed by atoms with E-state index in [-0.39, 0.29) is 6.10 Å². The first-order chi connectivity index (χ1) is 10.8. The molecule has 1 N–H and O–H groups in total. The molecular weight excluding hydrogens is 274 g/mol. The second-order valence-electron chi connectivity index (χ2n) is 7.59. The van der Waals surface area contributed by atoms with Crippen LogP contribution in [0.3, 0.4) is 0 Å². The first-order valence-corrected chi connectivity index (χ1v) is 9.14. The number of nitrogens with one attached hydrogen (secondary N) is 1. The third-order valence-electron chi connectivity index (χ3n) is 6.04. The molecule has 1 aromatic rings. The van der Waals surface area contributed by atoms with Gasteiger partial charge in [0.25, 0.3) is 0 Å². The number of aryl methyl sites for hydroxylation is 1. The van der Waals surface area contributed by atoms with Gasteiger partial charge in [-0.2, -0.15) is 5.10 Å². The zero-order valence-electron chi connectivity index (χ0n) is 13.7. The molecule has 0 unspecified atom stereocenters. The Morgan fingerprint density at radius 2 is 2.14 bits per heavy atom. The van der Waals surface area contributed by atoms with Crippen molar-refractivity contribution in [2.75, 3.05) is 13.2 Å². The highest BCUT2D eigenvalue weighted by atomic mass is 16.5. The van der Waals surface area contributed by atoms with Gasteiger partial charge in [-0.3, -0.25) is 4.68 Å². The molecule has 122 valence electrons. The van der Waals surface area contributed by atoms with E-state index < -0.39 is 0 Å². The van der Waals surface area contributed by atoms with Crippen LogP contribution in [0.5, 0.6) is 0 Å². The van der Waals surface area contributed by atoms with E-state index in [0.29, 0.717) is 5.92 Å². The molecule has 2 heterocycles. The predicted octanol–water partition coefficient (Wildman–Crippen LogP) is 3.06. The second-order valence-corrected chi connectivity index (χ2v) is 7.59. The third kappa shape index (κ3) is 3.09. The van der Waals surface area contributed by atoms with E-state index in [1.165, 1.54) is 50.6 Å². The van der Waals surface area contributed by atoms with Crippen molar-refractivity contribution in [3.05, 3.63) is 18.0 Å². The van der Waals surface area contributed by atoms with E-state index in [1.54, 1.807) is 0 Å². The number of hydrogen-bond acceptors (Lipinski definition) is 3. The van der Waals surface area contributed by atoms with Gasteiger partial charge in [-0.05, 0) is 50.0 Å².